The molecule has 0 N–H and O–H groups in total. The summed E-state index contributed by atoms with van der Waals surface area (Å²) >= 11 is 0. The molecule has 0 radical (unpaired) electrons. The molecule has 4 nitrogen and oxygen atoms in total. The molecule has 4 aliphatic rings. The first-order valence-corrected chi connectivity index (χ1v) is 32.0. The Morgan fingerprint density at radius 1 is 0.344 bits per heavy atom. The molecule has 11 aromatic carbocycles. The highest BCUT2D eigenvalue weighted by molar-refractivity contribution is 7.00. The summed E-state index contributed by atoms with van der Waals surface area (Å²) in [5.41, 5.74) is 35.9. The van der Waals surface area contributed by atoms with Gasteiger partial charge in [-0.15, -0.1) is 0 Å². The second-order valence-corrected chi connectivity index (χ2v) is 29.1. The Morgan fingerprint density at radius 2 is 0.733 bits per heavy atom. The summed E-state index contributed by atoms with van der Waals surface area (Å²) in [5, 5.41) is 2.16. The summed E-state index contributed by atoms with van der Waals surface area (Å²) in [6.45, 7) is 25.8. The topological polar surface area (TPSA) is 32.8 Å². The Kier molecular flexibility index (Phi) is 11.5. The fourth-order valence-corrected chi connectivity index (χ4v) is 15.8. The first kappa shape index (κ1) is 54.3. The van der Waals surface area contributed by atoms with Crippen LogP contribution in [0.25, 0.3) is 88.7 Å². The molecule has 0 fully saturated rings. The molecule has 0 saturated carbocycles. The number of anilines is 6. The number of aryl methyl sites for hydroxylation is 1. The van der Waals surface area contributed by atoms with Crippen molar-refractivity contribution in [2.75, 3.05) is 9.80 Å². The summed E-state index contributed by atoms with van der Waals surface area (Å²) in [6, 6.07) is 84.0. The van der Waals surface area contributed by atoms with Crippen molar-refractivity contribution >= 4 is 79.2 Å². The number of benzene rings is 11. The lowest BCUT2D eigenvalue weighted by atomic mass is 9.33. The zero-order valence-corrected chi connectivity index (χ0v) is 53.2. The zero-order valence-electron chi connectivity index (χ0n) is 53.2. The van der Waals surface area contributed by atoms with Gasteiger partial charge in [0.1, 0.15) is 11.2 Å². The van der Waals surface area contributed by atoms with E-state index in [0.717, 1.165) is 55.6 Å². The first-order valence-electron chi connectivity index (χ1n) is 32.0. The molecule has 5 heteroatoms. The minimum Gasteiger partial charge on any atom is -0.464 e. The molecule has 0 saturated heterocycles. The van der Waals surface area contributed by atoms with Gasteiger partial charge in [-0.1, -0.05) is 178 Å². The highest BCUT2D eigenvalue weighted by atomic mass is 16.3. The number of hydrogen-bond donors (Lipinski definition) is 0. The fourth-order valence-electron chi connectivity index (χ4n) is 15.8. The van der Waals surface area contributed by atoms with E-state index in [1.54, 1.807) is 12.5 Å². The van der Waals surface area contributed by atoms with E-state index in [2.05, 4.69) is 304 Å². The first-order chi connectivity index (χ1) is 43.2. The third kappa shape index (κ3) is 8.21. The van der Waals surface area contributed by atoms with Crippen LogP contribution in [0.1, 0.15) is 108 Å². The van der Waals surface area contributed by atoms with Crippen molar-refractivity contribution in [2.45, 2.75) is 97.8 Å². The molecule has 0 spiro atoms. The van der Waals surface area contributed by atoms with Crippen molar-refractivity contribution < 1.29 is 8.83 Å². The number of fused-ring (bicyclic) bond motifs is 12. The van der Waals surface area contributed by atoms with Crippen LogP contribution in [0.3, 0.4) is 0 Å². The highest BCUT2D eigenvalue weighted by Gasteiger charge is 2.45. The molecule has 90 heavy (non-hydrogen) atoms. The van der Waals surface area contributed by atoms with Crippen LogP contribution >= 0.6 is 0 Å². The van der Waals surface area contributed by atoms with E-state index in [1.165, 1.54) is 123 Å². The van der Waals surface area contributed by atoms with E-state index >= 15 is 0 Å². The highest BCUT2D eigenvalue weighted by Crippen LogP contribution is 2.54. The number of rotatable bonds is 6. The van der Waals surface area contributed by atoms with E-state index in [9.17, 15) is 0 Å². The van der Waals surface area contributed by atoms with E-state index in [1.807, 2.05) is 0 Å². The normalized spacial score (nSPS) is 14.7. The van der Waals surface area contributed by atoms with Crippen LogP contribution in [0.15, 0.2) is 240 Å². The van der Waals surface area contributed by atoms with Crippen LogP contribution in [0.5, 0.6) is 0 Å². The standard InChI is InChI=1S/C85H71BN2O2/c1-50-36-77-81-78(37-50)88(64-43-58(52-23-31-80-56(39-52)33-35-90-80)41-60(45-64)54-21-27-68-66-17-13-15-19-70(66)85(10,11)72(68)47-54)76-29-25-62(83(5,6)7)49-74(76)86(81)73-48-61(82(2,3)4)24-28-75(73)87(77)63-42-57(51-22-30-79-55(38-51)32-34-89-79)40-59(44-63)53-20-26-67-65-16-12-14-18-69(65)84(8,9)71(67)46-53/h12-49H,1-11H3. The largest absolute Gasteiger partial charge is 0.464 e. The number of nitrogens with zero attached hydrogens (tertiary/aromatic N) is 2. The van der Waals surface area contributed by atoms with Gasteiger partial charge in [-0.05, 0) is 249 Å². The van der Waals surface area contributed by atoms with Crippen LogP contribution in [0.2, 0.25) is 0 Å². The lowest BCUT2D eigenvalue weighted by Crippen LogP contribution is -2.61. The molecule has 2 aromatic heterocycles. The molecule has 436 valence electrons. The fraction of sp³-hybridized carbons (Fsp3) is 0.176. The molecular formula is C85H71BN2O2. The van der Waals surface area contributed by atoms with Crippen molar-refractivity contribution in [2.24, 2.45) is 0 Å². The van der Waals surface area contributed by atoms with E-state index in [4.69, 9.17) is 8.83 Å². The molecular weight excluding hydrogens is 1090 g/mol. The minimum atomic E-state index is -0.158. The van der Waals surface area contributed by atoms with Crippen molar-refractivity contribution in [3.8, 4) is 66.8 Å². The van der Waals surface area contributed by atoms with E-state index in [0.29, 0.717) is 0 Å². The quantitative estimate of drug-likeness (QED) is 0.155. The average Bonchev–Trinajstić information content (AvgIpc) is 0.974. The second-order valence-electron chi connectivity index (χ2n) is 29.1. The molecule has 0 bridgehead atoms. The van der Waals surface area contributed by atoms with Crippen LogP contribution in [0.4, 0.5) is 34.1 Å². The zero-order chi connectivity index (χ0) is 61.5. The van der Waals surface area contributed by atoms with Crippen molar-refractivity contribution in [3.63, 3.8) is 0 Å². The maximum absolute atomic E-state index is 5.95. The Balaban J connectivity index is 0.928. The Hall–Kier alpha value is -9.84. The SMILES string of the molecule is Cc1cc2c3c(c1)N(c1cc(-c4ccc5c(c4)C(C)(C)c4ccccc4-5)cc(-c4ccc5occc5c4)c1)c1ccc(C(C)(C)C)cc1B3c1cc(C(C)(C)C)ccc1N2c1cc(-c2ccc3c(c2)C(C)(C)c2ccccc2-3)cc(-c2ccc3occc3c2)c1. The van der Waals surface area contributed by atoms with Gasteiger partial charge in [-0.25, -0.2) is 0 Å². The van der Waals surface area contributed by atoms with Gasteiger partial charge in [0.15, 0.2) is 0 Å². The maximum Gasteiger partial charge on any atom is 0.252 e. The molecule has 0 unspecified atom stereocenters. The molecule has 13 aromatic rings. The summed E-state index contributed by atoms with van der Waals surface area (Å²) in [7, 11) is 0. The van der Waals surface area contributed by atoms with Gasteiger partial charge in [0.25, 0.3) is 6.71 Å². The van der Waals surface area contributed by atoms with Crippen LogP contribution in [-0.4, -0.2) is 6.71 Å². The summed E-state index contributed by atoms with van der Waals surface area (Å²) in [5.74, 6) is 0. The monoisotopic (exact) mass is 1160 g/mol. The van der Waals surface area contributed by atoms with E-state index in [-0.39, 0.29) is 28.4 Å². The van der Waals surface area contributed by atoms with Gasteiger partial charge in [-0.3, -0.25) is 0 Å². The second kappa shape index (κ2) is 19.1. The van der Waals surface area contributed by atoms with Gasteiger partial charge in [-0.2, -0.15) is 0 Å². The Bertz CT molecular complexity index is 4890. The Labute approximate surface area is 529 Å². The predicted octanol–water partition coefficient (Wildman–Crippen LogP) is 21.4. The minimum absolute atomic E-state index is 0.0869. The van der Waals surface area contributed by atoms with Gasteiger partial charge >= 0.3 is 0 Å². The number of furan rings is 2. The summed E-state index contributed by atoms with van der Waals surface area (Å²) in [6.07, 6.45) is 3.59. The molecule has 2 aliphatic carbocycles. The summed E-state index contributed by atoms with van der Waals surface area (Å²) < 4.78 is 11.9. The van der Waals surface area contributed by atoms with E-state index < -0.39 is 0 Å². The van der Waals surface area contributed by atoms with Gasteiger partial charge in [0, 0.05) is 55.7 Å². The maximum atomic E-state index is 5.95. The molecule has 4 heterocycles. The lowest BCUT2D eigenvalue weighted by molar-refractivity contribution is 0.590. The third-order valence-corrected chi connectivity index (χ3v) is 20.7. The van der Waals surface area contributed by atoms with Crippen LogP contribution in [-0.2, 0) is 21.7 Å². The number of hydrogen-bond acceptors (Lipinski definition) is 4. The predicted molar refractivity (Wildman–Crippen MR) is 379 cm³/mol. The average molecular weight is 1160 g/mol. The van der Waals surface area contributed by atoms with Crippen LogP contribution in [0, 0.1) is 6.92 Å². The molecule has 0 amide bonds. The molecule has 0 atom stereocenters. The van der Waals surface area contributed by atoms with Crippen molar-refractivity contribution in [1.82, 2.24) is 0 Å². The van der Waals surface area contributed by atoms with Crippen molar-refractivity contribution in [1.29, 1.82) is 0 Å². The summed E-state index contributed by atoms with van der Waals surface area (Å²) in [4.78, 5) is 5.23. The molecule has 17 rings (SSSR count). The van der Waals surface area contributed by atoms with Gasteiger partial charge < -0.3 is 18.6 Å². The lowest BCUT2D eigenvalue weighted by Gasteiger charge is -2.45. The Morgan fingerprint density at radius 3 is 1.16 bits per heavy atom. The van der Waals surface area contributed by atoms with Crippen molar-refractivity contribution in [3.05, 3.63) is 270 Å². The molecule has 2 aliphatic heterocycles. The smallest absolute Gasteiger partial charge is 0.252 e. The third-order valence-electron chi connectivity index (χ3n) is 20.7. The van der Waals surface area contributed by atoms with Gasteiger partial charge in [0.2, 0.25) is 0 Å². The van der Waals surface area contributed by atoms with Gasteiger partial charge in [0.05, 0.1) is 12.5 Å². The van der Waals surface area contributed by atoms with Crippen LogP contribution < -0.4 is 26.2 Å².